The molecule has 1 saturated carbocycles. The smallest absolute Gasteiger partial charge is 0.313 e. The van der Waals surface area contributed by atoms with Crippen LogP contribution >= 0.6 is 0 Å². The average Bonchev–Trinajstić information content (AvgIpc) is 3.02. The van der Waals surface area contributed by atoms with Gasteiger partial charge < -0.3 is 10.2 Å². The number of nitrogens with two attached hydrogens (primary N) is 1. The highest BCUT2D eigenvalue weighted by molar-refractivity contribution is 5.54. The van der Waals surface area contributed by atoms with E-state index in [1.54, 1.807) is 0 Å². The molecule has 0 unspecified atom stereocenters. The molecule has 4 heteroatoms. The number of anilines is 1. The van der Waals surface area contributed by atoms with Crippen LogP contribution in [0.25, 0.3) is 11.5 Å². The number of nitrogen functional groups attached to an aromatic ring is 1. The van der Waals surface area contributed by atoms with E-state index in [0.29, 0.717) is 5.89 Å². The van der Waals surface area contributed by atoms with Crippen LogP contribution in [0.4, 0.5) is 6.01 Å². The molecule has 2 N–H and O–H groups in total. The molecule has 1 heterocycles. The Balaban J connectivity index is 1.92. The number of benzene rings is 1. The normalized spacial score (nSPS) is 15.5. The second-order valence-electron chi connectivity index (χ2n) is 3.84. The van der Waals surface area contributed by atoms with Crippen molar-refractivity contribution in [2.24, 2.45) is 0 Å². The minimum absolute atomic E-state index is 0.108. The monoisotopic (exact) mass is 201 g/mol. The van der Waals surface area contributed by atoms with Crippen molar-refractivity contribution in [2.75, 3.05) is 5.73 Å². The van der Waals surface area contributed by atoms with Crippen LogP contribution in [0.3, 0.4) is 0 Å². The summed E-state index contributed by atoms with van der Waals surface area (Å²) in [7, 11) is 0. The number of nitrogens with zero attached hydrogens (tertiary/aromatic N) is 2. The first kappa shape index (κ1) is 8.47. The molecule has 1 fully saturated rings. The molecular weight excluding hydrogens is 190 g/mol. The largest absolute Gasteiger partial charge is 0.404 e. The predicted molar refractivity (Wildman–Crippen MR) is 56.1 cm³/mol. The summed E-state index contributed by atoms with van der Waals surface area (Å²) in [5, 5.41) is 7.46. The van der Waals surface area contributed by atoms with Crippen LogP contribution in [0.5, 0.6) is 0 Å². The maximum Gasteiger partial charge on any atom is 0.313 e. The van der Waals surface area contributed by atoms with Crippen molar-refractivity contribution in [1.29, 1.82) is 0 Å². The maximum atomic E-state index is 5.36. The molecule has 1 aromatic carbocycles. The minimum atomic E-state index is 0.108. The zero-order valence-electron chi connectivity index (χ0n) is 8.18. The Labute approximate surface area is 87.1 Å². The van der Waals surface area contributed by atoms with E-state index in [1.807, 2.05) is 12.1 Å². The van der Waals surface area contributed by atoms with E-state index in [0.717, 1.165) is 11.5 Å². The van der Waals surface area contributed by atoms with E-state index >= 15 is 0 Å². The lowest BCUT2D eigenvalue weighted by Crippen LogP contribution is -1.81. The first-order valence-corrected chi connectivity index (χ1v) is 5.02. The third-order valence-corrected chi connectivity index (χ3v) is 2.65. The molecule has 1 aromatic heterocycles. The zero-order valence-corrected chi connectivity index (χ0v) is 8.18. The number of hydrogen-bond donors (Lipinski definition) is 1. The summed E-state index contributed by atoms with van der Waals surface area (Å²) < 4.78 is 5.14. The van der Waals surface area contributed by atoms with Gasteiger partial charge in [-0.2, -0.15) is 0 Å². The molecule has 0 radical (unpaired) electrons. The Morgan fingerprint density at radius 2 is 1.87 bits per heavy atom. The fraction of sp³-hybridized carbons (Fsp3) is 0.273. The third kappa shape index (κ3) is 1.58. The third-order valence-electron chi connectivity index (χ3n) is 2.65. The summed E-state index contributed by atoms with van der Waals surface area (Å²) in [5.41, 5.74) is 7.68. The van der Waals surface area contributed by atoms with Gasteiger partial charge in [0.05, 0.1) is 0 Å². The topological polar surface area (TPSA) is 64.9 Å². The first-order valence-electron chi connectivity index (χ1n) is 5.02. The molecule has 4 nitrogen and oxygen atoms in total. The van der Waals surface area contributed by atoms with Crippen molar-refractivity contribution in [3.05, 3.63) is 29.8 Å². The van der Waals surface area contributed by atoms with Crippen LogP contribution in [0.2, 0.25) is 0 Å². The molecule has 1 aliphatic carbocycles. The molecule has 0 bridgehead atoms. The van der Waals surface area contributed by atoms with Gasteiger partial charge in [0.15, 0.2) is 0 Å². The molecular formula is C11H11N3O. The Morgan fingerprint density at radius 3 is 2.40 bits per heavy atom. The van der Waals surface area contributed by atoms with Crippen LogP contribution in [-0.4, -0.2) is 10.2 Å². The van der Waals surface area contributed by atoms with Crippen molar-refractivity contribution in [3.63, 3.8) is 0 Å². The number of aromatic nitrogens is 2. The van der Waals surface area contributed by atoms with Gasteiger partial charge in [0.25, 0.3) is 0 Å². The van der Waals surface area contributed by atoms with Crippen LogP contribution < -0.4 is 5.73 Å². The van der Waals surface area contributed by atoms with Gasteiger partial charge >= 0.3 is 6.01 Å². The second kappa shape index (κ2) is 3.08. The van der Waals surface area contributed by atoms with Crippen molar-refractivity contribution in [3.8, 4) is 11.5 Å². The molecule has 0 saturated heterocycles. The quantitative estimate of drug-likeness (QED) is 0.808. The van der Waals surface area contributed by atoms with Crippen molar-refractivity contribution in [1.82, 2.24) is 10.2 Å². The van der Waals surface area contributed by atoms with Gasteiger partial charge in [0, 0.05) is 5.56 Å². The van der Waals surface area contributed by atoms with Gasteiger partial charge in [0.2, 0.25) is 5.89 Å². The standard InChI is InChI=1S/C11H11N3O/c12-11-14-13-10(15-11)9-5-3-8(4-6-9)7-1-2-7/h3-7H,1-2H2,(H2,12,14). The summed E-state index contributed by atoms with van der Waals surface area (Å²) in [5.74, 6) is 1.25. The minimum Gasteiger partial charge on any atom is -0.404 e. The highest BCUT2D eigenvalue weighted by Gasteiger charge is 2.23. The van der Waals surface area contributed by atoms with E-state index in [4.69, 9.17) is 10.2 Å². The van der Waals surface area contributed by atoms with Gasteiger partial charge in [0.1, 0.15) is 0 Å². The van der Waals surface area contributed by atoms with Crippen LogP contribution in [0.15, 0.2) is 28.7 Å². The summed E-state index contributed by atoms with van der Waals surface area (Å²) in [4.78, 5) is 0. The highest BCUT2D eigenvalue weighted by Crippen LogP contribution is 2.40. The van der Waals surface area contributed by atoms with Gasteiger partial charge in [-0.25, -0.2) is 0 Å². The molecule has 1 aliphatic rings. The van der Waals surface area contributed by atoms with Crippen molar-refractivity contribution in [2.45, 2.75) is 18.8 Å². The Kier molecular flexibility index (Phi) is 1.74. The van der Waals surface area contributed by atoms with Crippen LogP contribution in [-0.2, 0) is 0 Å². The Hall–Kier alpha value is -1.84. The predicted octanol–water partition coefficient (Wildman–Crippen LogP) is 2.20. The lowest BCUT2D eigenvalue weighted by molar-refractivity contribution is 0.590. The van der Waals surface area contributed by atoms with E-state index in [9.17, 15) is 0 Å². The summed E-state index contributed by atoms with van der Waals surface area (Å²) in [6, 6.07) is 8.35. The Morgan fingerprint density at radius 1 is 1.13 bits per heavy atom. The van der Waals surface area contributed by atoms with Gasteiger partial charge in [-0.3, -0.25) is 0 Å². The molecule has 3 rings (SSSR count). The second-order valence-corrected chi connectivity index (χ2v) is 3.84. The number of hydrogen-bond acceptors (Lipinski definition) is 4. The molecule has 0 aliphatic heterocycles. The fourth-order valence-corrected chi connectivity index (χ4v) is 1.67. The lowest BCUT2D eigenvalue weighted by Gasteiger charge is -1.98. The SMILES string of the molecule is Nc1nnc(-c2ccc(C3CC3)cc2)o1. The summed E-state index contributed by atoms with van der Waals surface area (Å²) >= 11 is 0. The molecule has 2 aromatic rings. The van der Waals surface area contributed by atoms with E-state index in [1.165, 1.54) is 18.4 Å². The molecule has 76 valence electrons. The van der Waals surface area contributed by atoms with E-state index in [2.05, 4.69) is 22.3 Å². The van der Waals surface area contributed by atoms with Gasteiger partial charge in [-0.1, -0.05) is 17.2 Å². The molecule has 15 heavy (non-hydrogen) atoms. The van der Waals surface area contributed by atoms with E-state index < -0.39 is 0 Å². The summed E-state index contributed by atoms with van der Waals surface area (Å²) in [6.07, 6.45) is 2.62. The number of rotatable bonds is 2. The molecule has 0 amide bonds. The lowest BCUT2D eigenvalue weighted by atomic mass is 10.1. The van der Waals surface area contributed by atoms with E-state index in [-0.39, 0.29) is 6.01 Å². The van der Waals surface area contributed by atoms with Crippen LogP contribution in [0.1, 0.15) is 24.3 Å². The van der Waals surface area contributed by atoms with Gasteiger partial charge in [-0.15, -0.1) is 5.10 Å². The van der Waals surface area contributed by atoms with Gasteiger partial charge in [-0.05, 0) is 36.5 Å². The highest BCUT2D eigenvalue weighted by atomic mass is 16.4. The first-order chi connectivity index (χ1) is 7.33. The zero-order chi connectivity index (χ0) is 10.3. The molecule has 0 spiro atoms. The average molecular weight is 201 g/mol. The maximum absolute atomic E-state index is 5.36. The Bertz CT molecular complexity index is 471. The fourth-order valence-electron chi connectivity index (χ4n) is 1.67. The van der Waals surface area contributed by atoms with Crippen molar-refractivity contribution >= 4 is 6.01 Å². The molecule has 0 atom stereocenters. The van der Waals surface area contributed by atoms with Crippen molar-refractivity contribution < 1.29 is 4.42 Å². The summed E-state index contributed by atoms with van der Waals surface area (Å²) in [6.45, 7) is 0. The van der Waals surface area contributed by atoms with Crippen LogP contribution in [0, 0.1) is 0 Å².